The van der Waals surface area contributed by atoms with Gasteiger partial charge in [-0.1, -0.05) is 12.1 Å². The Labute approximate surface area is 163 Å². The quantitative estimate of drug-likeness (QED) is 0.579. The summed E-state index contributed by atoms with van der Waals surface area (Å²) in [5.74, 6) is 0.851. The van der Waals surface area contributed by atoms with Crippen molar-refractivity contribution in [1.82, 2.24) is 15.0 Å². The molecule has 4 rings (SSSR count). The Kier molecular flexibility index (Phi) is 5.31. The molecule has 0 atom stereocenters. The molecule has 0 amide bonds. The maximum atomic E-state index is 10.9. The van der Waals surface area contributed by atoms with Crippen LogP contribution in [0, 0.1) is 0 Å². The number of anilines is 3. The van der Waals surface area contributed by atoms with Crippen LogP contribution in [0.1, 0.15) is 41.6 Å². The lowest BCUT2D eigenvalue weighted by Gasteiger charge is -2.20. The van der Waals surface area contributed by atoms with Crippen LogP contribution < -0.4 is 15.2 Å². The van der Waals surface area contributed by atoms with Gasteiger partial charge in [0, 0.05) is 26.2 Å². The van der Waals surface area contributed by atoms with Crippen LogP contribution >= 0.6 is 0 Å². The lowest BCUT2D eigenvalue weighted by atomic mass is 10.1. The van der Waals surface area contributed by atoms with E-state index in [4.69, 9.17) is 5.11 Å². The molecule has 0 radical (unpaired) electrons. The number of aromatic carboxylic acids is 1. The van der Waals surface area contributed by atoms with E-state index in [-0.39, 0.29) is 5.56 Å². The summed E-state index contributed by atoms with van der Waals surface area (Å²) in [5, 5.41) is 13.2. The second-order valence-electron chi connectivity index (χ2n) is 6.94. The zero-order valence-corrected chi connectivity index (χ0v) is 15.6. The number of aromatic nitrogens is 3. The fraction of sp³-hybridized carbons (Fsp3) is 0.421. The number of nitrogens with zero attached hydrogens (tertiary/aromatic N) is 6. The summed E-state index contributed by atoms with van der Waals surface area (Å²) in [6.07, 6.45) is 6.21. The molecular formula is C19H23N7O2. The van der Waals surface area contributed by atoms with E-state index >= 15 is 0 Å². The van der Waals surface area contributed by atoms with Gasteiger partial charge in [0.1, 0.15) is 0 Å². The molecule has 0 spiro atoms. The maximum absolute atomic E-state index is 10.9. The van der Waals surface area contributed by atoms with Crippen LogP contribution in [0.25, 0.3) is 0 Å². The molecule has 146 valence electrons. The molecule has 0 unspecified atom stereocenters. The molecule has 9 heteroatoms. The smallest absolute Gasteiger partial charge is 0.335 e. The van der Waals surface area contributed by atoms with Gasteiger partial charge in [-0.15, -0.1) is 0 Å². The summed E-state index contributed by atoms with van der Waals surface area (Å²) in [7, 11) is 0. The van der Waals surface area contributed by atoms with Gasteiger partial charge < -0.3 is 14.9 Å². The lowest BCUT2D eigenvalue weighted by molar-refractivity contribution is 0.0697. The topological polar surface area (TPSA) is 107 Å². The van der Waals surface area contributed by atoms with E-state index in [0.29, 0.717) is 17.8 Å². The predicted octanol–water partition coefficient (Wildman–Crippen LogP) is 2.22. The Hall–Kier alpha value is -3.23. The number of benzene rings is 1. The molecule has 9 nitrogen and oxygen atoms in total. The predicted molar refractivity (Wildman–Crippen MR) is 107 cm³/mol. The van der Waals surface area contributed by atoms with E-state index in [9.17, 15) is 4.79 Å². The molecular weight excluding hydrogens is 358 g/mol. The van der Waals surface area contributed by atoms with E-state index in [1.807, 2.05) is 0 Å². The van der Waals surface area contributed by atoms with Gasteiger partial charge in [0.25, 0.3) is 0 Å². The van der Waals surface area contributed by atoms with Crippen molar-refractivity contribution in [2.45, 2.75) is 25.7 Å². The van der Waals surface area contributed by atoms with Crippen molar-refractivity contribution >= 4 is 30.0 Å². The van der Waals surface area contributed by atoms with Crippen LogP contribution in [-0.2, 0) is 0 Å². The second kappa shape index (κ2) is 8.20. The van der Waals surface area contributed by atoms with Gasteiger partial charge in [0.2, 0.25) is 17.8 Å². The first-order valence-corrected chi connectivity index (χ1v) is 9.57. The van der Waals surface area contributed by atoms with Gasteiger partial charge >= 0.3 is 5.97 Å². The molecule has 2 aliphatic rings. The lowest BCUT2D eigenvalue weighted by Crippen LogP contribution is -2.25. The fourth-order valence-electron chi connectivity index (χ4n) is 3.40. The number of carboxylic acid groups (broad SMARTS) is 1. The Morgan fingerprint density at radius 2 is 1.46 bits per heavy atom. The highest BCUT2D eigenvalue weighted by Gasteiger charge is 2.21. The van der Waals surface area contributed by atoms with Crippen LogP contribution in [-0.4, -0.2) is 58.4 Å². The van der Waals surface area contributed by atoms with E-state index in [1.54, 1.807) is 30.5 Å². The molecule has 2 aromatic rings. The summed E-state index contributed by atoms with van der Waals surface area (Å²) < 4.78 is 0. The fourth-order valence-corrected chi connectivity index (χ4v) is 3.40. The third-order valence-corrected chi connectivity index (χ3v) is 4.93. The molecule has 28 heavy (non-hydrogen) atoms. The highest BCUT2D eigenvalue weighted by Crippen LogP contribution is 2.22. The standard InChI is InChI=1S/C19H23N7O2/c27-16(28)15-7-5-14(6-8-15)13-20-24-17-21-18(25-9-1-2-10-25)23-19(22-17)26-11-3-4-12-26/h5-8,13H,1-4,9-12H2,(H,27,28)(H,21,22,23,24)/b20-13-. The molecule has 3 heterocycles. The molecule has 0 saturated carbocycles. The van der Waals surface area contributed by atoms with Gasteiger partial charge in [0.05, 0.1) is 11.8 Å². The number of hydrogen-bond acceptors (Lipinski definition) is 8. The Bertz CT molecular complexity index is 823. The molecule has 2 aliphatic heterocycles. The van der Waals surface area contributed by atoms with Crippen LogP contribution in [0.4, 0.5) is 17.8 Å². The number of hydrogen-bond donors (Lipinski definition) is 2. The van der Waals surface area contributed by atoms with Crippen molar-refractivity contribution in [3.05, 3.63) is 35.4 Å². The van der Waals surface area contributed by atoms with E-state index < -0.39 is 5.97 Å². The van der Waals surface area contributed by atoms with Gasteiger partial charge in [-0.3, -0.25) is 0 Å². The van der Waals surface area contributed by atoms with Crippen molar-refractivity contribution in [1.29, 1.82) is 0 Å². The first kappa shape index (κ1) is 18.1. The second-order valence-corrected chi connectivity index (χ2v) is 6.94. The SMILES string of the molecule is O=C(O)c1ccc(/C=N\Nc2nc(N3CCCC3)nc(N3CCCC3)n2)cc1. The van der Waals surface area contributed by atoms with E-state index in [2.05, 4.69) is 35.3 Å². The minimum Gasteiger partial charge on any atom is -0.478 e. The zero-order chi connectivity index (χ0) is 19.3. The number of hydrazone groups is 1. The number of rotatable bonds is 6. The normalized spacial score (nSPS) is 16.9. The van der Waals surface area contributed by atoms with Crippen LogP contribution in [0.3, 0.4) is 0 Å². The van der Waals surface area contributed by atoms with Crippen molar-refractivity contribution in [3.63, 3.8) is 0 Å². The minimum atomic E-state index is -0.948. The van der Waals surface area contributed by atoms with Crippen molar-refractivity contribution in [2.75, 3.05) is 41.4 Å². The van der Waals surface area contributed by atoms with Crippen LogP contribution in [0.15, 0.2) is 29.4 Å². The molecule has 1 aromatic carbocycles. The summed E-state index contributed by atoms with van der Waals surface area (Å²) in [4.78, 5) is 29.0. The molecule has 2 saturated heterocycles. The third-order valence-electron chi connectivity index (χ3n) is 4.93. The first-order chi connectivity index (χ1) is 13.7. The van der Waals surface area contributed by atoms with Crippen LogP contribution in [0.5, 0.6) is 0 Å². The summed E-state index contributed by atoms with van der Waals surface area (Å²) in [6, 6.07) is 6.49. The van der Waals surface area contributed by atoms with Crippen molar-refractivity contribution in [2.24, 2.45) is 5.10 Å². The molecule has 2 fully saturated rings. The molecule has 0 aliphatic carbocycles. The largest absolute Gasteiger partial charge is 0.478 e. The van der Waals surface area contributed by atoms with Crippen molar-refractivity contribution < 1.29 is 9.90 Å². The molecule has 1 aromatic heterocycles. The average molecular weight is 381 g/mol. The number of carboxylic acids is 1. The number of carbonyl (C=O) groups is 1. The van der Waals surface area contributed by atoms with Gasteiger partial charge in [0.15, 0.2) is 0 Å². The van der Waals surface area contributed by atoms with E-state index in [1.165, 1.54) is 0 Å². The van der Waals surface area contributed by atoms with E-state index in [0.717, 1.165) is 57.4 Å². The monoisotopic (exact) mass is 381 g/mol. The average Bonchev–Trinajstić information content (AvgIpc) is 3.42. The highest BCUT2D eigenvalue weighted by atomic mass is 16.4. The summed E-state index contributed by atoms with van der Waals surface area (Å²) in [5.41, 5.74) is 3.92. The zero-order valence-electron chi connectivity index (χ0n) is 15.6. The Balaban J connectivity index is 1.51. The van der Waals surface area contributed by atoms with Gasteiger partial charge in [-0.25, -0.2) is 10.2 Å². The summed E-state index contributed by atoms with van der Waals surface area (Å²) in [6.45, 7) is 3.84. The highest BCUT2D eigenvalue weighted by molar-refractivity contribution is 5.89. The Morgan fingerprint density at radius 1 is 0.929 bits per heavy atom. The number of nitrogens with one attached hydrogen (secondary N) is 1. The van der Waals surface area contributed by atoms with Gasteiger partial charge in [-0.2, -0.15) is 20.1 Å². The first-order valence-electron chi connectivity index (χ1n) is 9.57. The Morgan fingerprint density at radius 3 is 1.96 bits per heavy atom. The summed E-state index contributed by atoms with van der Waals surface area (Å²) >= 11 is 0. The molecule has 0 bridgehead atoms. The third kappa shape index (κ3) is 4.19. The van der Waals surface area contributed by atoms with Crippen molar-refractivity contribution in [3.8, 4) is 0 Å². The maximum Gasteiger partial charge on any atom is 0.335 e. The molecule has 2 N–H and O–H groups in total. The van der Waals surface area contributed by atoms with Gasteiger partial charge in [-0.05, 0) is 43.4 Å². The minimum absolute atomic E-state index is 0.244. The van der Waals surface area contributed by atoms with Crippen LogP contribution in [0.2, 0.25) is 0 Å².